The van der Waals surface area contributed by atoms with Crippen molar-refractivity contribution in [2.45, 2.75) is 23.4 Å². The molecule has 0 heterocycles. The molecule has 0 bridgehead atoms. The van der Waals surface area contributed by atoms with Crippen LogP contribution in [0.5, 0.6) is 0 Å². The normalized spacial score (nSPS) is 30.1. The summed E-state index contributed by atoms with van der Waals surface area (Å²) in [5, 5.41) is 8.60. The number of carbonyl (C=O) groups is 2. The number of carboxylic acids is 1. The van der Waals surface area contributed by atoms with Gasteiger partial charge in [0.05, 0.1) is 6.04 Å². The first kappa shape index (κ1) is 12.9. The lowest BCUT2D eigenvalue weighted by molar-refractivity contribution is -0.140. The van der Waals surface area contributed by atoms with Crippen LogP contribution in [0.2, 0.25) is 0 Å². The maximum atomic E-state index is 11.8. The number of halogens is 1. The maximum absolute atomic E-state index is 11.8. The van der Waals surface area contributed by atoms with Gasteiger partial charge in [-0.15, -0.1) is 11.6 Å². The fraction of sp³-hybridized carbons (Fsp3) is 0.400. The summed E-state index contributed by atoms with van der Waals surface area (Å²) in [6, 6.07) is -1.93. The summed E-state index contributed by atoms with van der Waals surface area (Å²) in [4.78, 5) is 20.9. The molecule has 0 spiro atoms. The zero-order valence-electron chi connectivity index (χ0n) is 8.47. The second-order valence-corrected chi connectivity index (χ2v) is 4.24. The number of nitrogens with two attached hydrogens (primary N) is 2. The molecule has 0 aromatic carbocycles. The van der Waals surface area contributed by atoms with Crippen LogP contribution in [0.15, 0.2) is 24.3 Å². The van der Waals surface area contributed by atoms with Crippen LogP contribution in [0.1, 0.15) is 6.42 Å². The molecule has 3 unspecified atom stereocenters. The van der Waals surface area contributed by atoms with Crippen molar-refractivity contribution in [3.63, 3.8) is 0 Å². The third kappa shape index (κ3) is 2.49. The number of carboxylic acid groups (broad SMARTS) is 1. The molecule has 5 N–H and O–H groups in total. The van der Waals surface area contributed by atoms with Gasteiger partial charge in [-0.05, 0) is 0 Å². The van der Waals surface area contributed by atoms with E-state index in [1.54, 1.807) is 18.2 Å². The standard InChI is InChI=1S/C10H13ClN2O3/c11-10(4-2-1-3-7(10)13)8(14)5-6(12)9(15)16/h1-4,6-7H,5,12-13H2,(H,15,16). The molecule has 88 valence electrons. The van der Waals surface area contributed by atoms with Gasteiger partial charge in [0.1, 0.15) is 10.9 Å². The molecule has 0 saturated carbocycles. The second-order valence-electron chi connectivity index (χ2n) is 3.61. The highest BCUT2D eigenvalue weighted by Crippen LogP contribution is 2.27. The Balaban J connectivity index is 2.77. The van der Waals surface area contributed by atoms with Crippen molar-refractivity contribution in [1.29, 1.82) is 0 Å². The third-order valence-electron chi connectivity index (χ3n) is 2.40. The Morgan fingerprint density at radius 1 is 1.50 bits per heavy atom. The van der Waals surface area contributed by atoms with E-state index in [-0.39, 0.29) is 6.42 Å². The number of Topliss-reactive ketones (excluding diaryl/α,β-unsaturated/α-hetero) is 1. The van der Waals surface area contributed by atoms with Crippen LogP contribution in [0.25, 0.3) is 0 Å². The third-order valence-corrected chi connectivity index (χ3v) is 2.99. The van der Waals surface area contributed by atoms with Gasteiger partial charge in [0.25, 0.3) is 0 Å². The number of alkyl halides is 1. The van der Waals surface area contributed by atoms with E-state index < -0.39 is 28.7 Å². The minimum atomic E-state index is -1.39. The van der Waals surface area contributed by atoms with Crippen LogP contribution in [-0.4, -0.2) is 33.8 Å². The van der Waals surface area contributed by atoms with Gasteiger partial charge in [-0.2, -0.15) is 0 Å². The minimum Gasteiger partial charge on any atom is -0.480 e. The molecule has 1 rings (SSSR count). The first-order chi connectivity index (χ1) is 7.38. The zero-order chi connectivity index (χ0) is 12.3. The van der Waals surface area contributed by atoms with E-state index in [0.717, 1.165) is 0 Å². The van der Waals surface area contributed by atoms with Gasteiger partial charge >= 0.3 is 5.97 Å². The van der Waals surface area contributed by atoms with Gasteiger partial charge in [0, 0.05) is 6.42 Å². The van der Waals surface area contributed by atoms with E-state index in [1.807, 2.05) is 0 Å². The summed E-state index contributed by atoms with van der Waals surface area (Å²) in [6.07, 6.45) is 5.97. The fourth-order valence-electron chi connectivity index (χ4n) is 1.35. The predicted octanol–water partition coefficient (Wildman–Crippen LogP) is -0.212. The molecule has 1 aliphatic carbocycles. The van der Waals surface area contributed by atoms with Gasteiger partial charge < -0.3 is 16.6 Å². The topological polar surface area (TPSA) is 106 Å². The average molecular weight is 245 g/mol. The summed E-state index contributed by atoms with van der Waals surface area (Å²) < 4.78 is 0. The second kappa shape index (κ2) is 4.78. The van der Waals surface area contributed by atoms with Crippen LogP contribution in [-0.2, 0) is 9.59 Å². The van der Waals surface area contributed by atoms with E-state index >= 15 is 0 Å². The smallest absolute Gasteiger partial charge is 0.320 e. The number of carbonyl (C=O) groups excluding carboxylic acids is 1. The summed E-state index contributed by atoms with van der Waals surface area (Å²) in [5.41, 5.74) is 11.0. The molecule has 0 amide bonds. The molecule has 1 aliphatic rings. The van der Waals surface area contributed by atoms with Crippen LogP contribution >= 0.6 is 11.6 Å². The summed E-state index contributed by atoms with van der Waals surface area (Å²) >= 11 is 6.06. The van der Waals surface area contributed by atoms with Gasteiger partial charge in [0.15, 0.2) is 5.78 Å². The summed E-state index contributed by atoms with van der Waals surface area (Å²) in [7, 11) is 0. The first-order valence-electron chi connectivity index (χ1n) is 4.70. The van der Waals surface area contributed by atoms with E-state index in [9.17, 15) is 9.59 Å². The van der Waals surface area contributed by atoms with Crippen molar-refractivity contribution in [1.82, 2.24) is 0 Å². The highest BCUT2D eigenvalue weighted by atomic mass is 35.5. The molecule has 0 saturated heterocycles. The predicted molar refractivity (Wildman–Crippen MR) is 60.1 cm³/mol. The van der Waals surface area contributed by atoms with Crippen molar-refractivity contribution in [3.05, 3.63) is 24.3 Å². The maximum Gasteiger partial charge on any atom is 0.320 e. The number of rotatable bonds is 4. The molecule has 0 aliphatic heterocycles. The molecule has 3 atom stereocenters. The Labute approximate surface area is 97.7 Å². The Hall–Kier alpha value is -1.17. The first-order valence-corrected chi connectivity index (χ1v) is 5.08. The molecule has 0 fully saturated rings. The van der Waals surface area contributed by atoms with Crippen molar-refractivity contribution in [2.24, 2.45) is 11.5 Å². The van der Waals surface area contributed by atoms with Crippen molar-refractivity contribution < 1.29 is 14.7 Å². The SMILES string of the molecule is NC(CC(=O)C1(Cl)C=CC=CC1N)C(=O)O. The summed E-state index contributed by atoms with van der Waals surface area (Å²) in [6.45, 7) is 0. The Kier molecular flexibility index (Phi) is 3.85. The number of ketones is 1. The lowest BCUT2D eigenvalue weighted by atomic mass is 9.88. The number of hydrogen-bond donors (Lipinski definition) is 3. The van der Waals surface area contributed by atoms with Gasteiger partial charge in [0.2, 0.25) is 0 Å². The van der Waals surface area contributed by atoms with Crippen LogP contribution in [0.3, 0.4) is 0 Å². The van der Waals surface area contributed by atoms with Gasteiger partial charge in [-0.25, -0.2) is 0 Å². The van der Waals surface area contributed by atoms with E-state index in [0.29, 0.717) is 0 Å². The van der Waals surface area contributed by atoms with Crippen molar-refractivity contribution in [2.75, 3.05) is 0 Å². The van der Waals surface area contributed by atoms with E-state index in [2.05, 4.69) is 0 Å². The monoisotopic (exact) mass is 244 g/mol. The molecule has 5 nitrogen and oxygen atoms in total. The number of allylic oxidation sites excluding steroid dienone is 2. The Morgan fingerprint density at radius 3 is 2.62 bits per heavy atom. The quantitative estimate of drug-likeness (QED) is 0.593. The van der Waals surface area contributed by atoms with Crippen LogP contribution in [0.4, 0.5) is 0 Å². The summed E-state index contributed by atoms with van der Waals surface area (Å²) in [5.74, 6) is -1.73. The van der Waals surface area contributed by atoms with Crippen LogP contribution in [0, 0.1) is 0 Å². The Morgan fingerprint density at radius 2 is 2.12 bits per heavy atom. The van der Waals surface area contributed by atoms with Crippen molar-refractivity contribution in [3.8, 4) is 0 Å². The van der Waals surface area contributed by atoms with Crippen molar-refractivity contribution >= 4 is 23.4 Å². The van der Waals surface area contributed by atoms with Gasteiger partial charge in [-0.1, -0.05) is 24.3 Å². The molecular weight excluding hydrogens is 232 g/mol. The molecule has 0 radical (unpaired) electrons. The largest absolute Gasteiger partial charge is 0.480 e. The number of aliphatic carboxylic acids is 1. The highest BCUT2D eigenvalue weighted by molar-refractivity contribution is 6.38. The molecule has 16 heavy (non-hydrogen) atoms. The minimum absolute atomic E-state index is 0.343. The average Bonchev–Trinajstić information content (AvgIpc) is 2.22. The van der Waals surface area contributed by atoms with Crippen LogP contribution < -0.4 is 11.5 Å². The zero-order valence-corrected chi connectivity index (χ0v) is 9.22. The van der Waals surface area contributed by atoms with Gasteiger partial charge in [-0.3, -0.25) is 9.59 Å². The number of hydrogen-bond acceptors (Lipinski definition) is 4. The highest BCUT2D eigenvalue weighted by Gasteiger charge is 2.40. The molecule has 0 aromatic rings. The van der Waals surface area contributed by atoms with E-state index in [4.69, 9.17) is 28.2 Å². The lowest BCUT2D eigenvalue weighted by Crippen LogP contribution is -2.50. The molecule has 6 heteroatoms. The lowest BCUT2D eigenvalue weighted by Gasteiger charge is -2.29. The fourth-order valence-corrected chi connectivity index (χ4v) is 1.58. The molecule has 0 aromatic heterocycles. The van der Waals surface area contributed by atoms with E-state index in [1.165, 1.54) is 6.08 Å². The molecular formula is C10H13ClN2O3. The Bertz CT molecular complexity index is 367.